The van der Waals surface area contributed by atoms with Crippen molar-refractivity contribution < 1.29 is 9.53 Å². The number of nitrogens with zero attached hydrogens (tertiary/aromatic N) is 4. The van der Waals surface area contributed by atoms with E-state index in [2.05, 4.69) is 27.0 Å². The van der Waals surface area contributed by atoms with E-state index in [1.807, 2.05) is 20.8 Å². The molecular weight excluding hydrogens is 348 g/mol. The van der Waals surface area contributed by atoms with Crippen LogP contribution in [0.15, 0.2) is 22.9 Å². The Kier molecular flexibility index (Phi) is 4.42. The number of amides is 1. The molecule has 0 unspecified atom stereocenters. The summed E-state index contributed by atoms with van der Waals surface area (Å²) >= 11 is 3.47. The lowest BCUT2D eigenvalue weighted by atomic mass is 10.2. The predicted molar refractivity (Wildman–Crippen MR) is 85.3 cm³/mol. The smallest absolute Gasteiger partial charge is 0.410 e. The first kappa shape index (κ1) is 16.3. The normalized spacial score (nSPS) is 11.3. The van der Waals surface area contributed by atoms with Gasteiger partial charge in [-0.1, -0.05) is 0 Å². The van der Waals surface area contributed by atoms with Crippen LogP contribution in [-0.2, 0) is 11.3 Å². The molecule has 0 aliphatic rings. The topological polar surface area (TPSA) is 70.6 Å². The molecule has 2 aromatic rings. The fraction of sp³-hybridized carbons (Fsp3) is 0.400. The van der Waals surface area contributed by atoms with Gasteiger partial charge in [0.25, 0.3) is 0 Å². The molecule has 1 amide bonds. The van der Waals surface area contributed by atoms with E-state index < -0.39 is 11.7 Å². The van der Waals surface area contributed by atoms with Crippen LogP contribution in [0.2, 0.25) is 0 Å². The molecule has 0 aliphatic carbocycles. The molecule has 0 N–H and O–H groups in total. The Morgan fingerprint density at radius 1 is 1.50 bits per heavy atom. The minimum Gasteiger partial charge on any atom is -0.444 e. The van der Waals surface area contributed by atoms with E-state index in [9.17, 15) is 4.79 Å². The molecule has 0 fully saturated rings. The zero-order valence-electron chi connectivity index (χ0n) is 12.9. The molecule has 2 aromatic heterocycles. The van der Waals surface area contributed by atoms with Crippen LogP contribution < -0.4 is 0 Å². The van der Waals surface area contributed by atoms with Crippen LogP contribution in [0.1, 0.15) is 32.0 Å². The summed E-state index contributed by atoms with van der Waals surface area (Å²) in [5.41, 5.74) is 1.41. The van der Waals surface area contributed by atoms with Gasteiger partial charge in [-0.05, 0) is 48.8 Å². The Balaban J connectivity index is 2.23. The quantitative estimate of drug-likeness (QED) is 0.819. The van der Waals surface area contributed by atoms with Crippen molar-refractivity contribution in [2.45, 2.75) is 32.9 Å². The molecule has 0 aromatic carbocycles. The van der Waals surface area contributed by atoms with Gasteiger partial charge in [-0.3, -0.25) is 4.40 Å². The first-order valence-electron chi connectivity index (χ1n) is 6.72. The number of aromatic nitrogens is 2. The lowest BCUT2D eigenvalue weighted by Gasteiger charge is -2.24. The predicted octanol–water partition coefficient (Wildman–Crippen LogP) is 3.34. The second-order valence-electron chi connectivity index (χ2n) is 5.94. The molecule has 0 saturated carbocycles. The van der Waals surface area contributed by atoms with Crippen molar-refractivity contribution in [3.63, 3.8) is 0 Å². The van der Waals surface area contributed by atoms with Crippen LogP contribution in [0.3, 0.4) is 0 Å². The molecule has 0 aliphatic heterocycles. The van der Waals surface area contributed by atoms with Crippen LogP contribution in [0.5, 0.6) is 0 Å². The van der Waals surface area contributed by atoms with Gasteiger partial charge in [0.1, 0.15) is 21.9 Å². The van der Waals surface area contributed by atoms with Crippen molar-refractivity contribution >= 4 is 27.7 Å². The van der Waals surface area contributed by atoms with Crippen LogP contribution in [0.25, 0.3) is 5.65 Å². The van der Waals surface area contributed by atoms with E-state index in [0.717, 1.165) is 4.60 Å². The number of hydrogen-bond donors (Lipinski definition) is 0. The fourth-order valence-electron chi connectivity index (χ4n) is 1.86. The summed E-state index contributed by atoms with van der Waals surface area (Å²) in [7, 11) is 1.66. The van der Waals surface area contributed by atoms with Crippen molar-refractivity contribution in [2.75, 3.05) is 7.05 Å². The third-order valence-electron chi connectivity index (χ3n) is 2.85. The van der Waals surface area contributed by atoms with Crippen LogP contribution in [0.4, 0.5) is 4.79 Å². The summed E-state index contributed by atoms with van der Waals surface area (Å²) in [5.74, 6) is 0. The number of halogens is 1. The van der Waals surface area contributed by atoms with Gasteiger partial charge in [0.2, 0.25) is 0 Å². The minimum absolute atomic E-state index is 0.305. The van der Waals surface area contributed by atoms with Gasteiger partial charge in [0.05, 0.1) is 17.8 Å². The first-order chi connectivity index (χ1) is 10.2. The highest BCUT2D eigenvalue weighted by molar-refractivity contribution is 9.10. The van der Waals surface area contributed by atoms with E-state index in [-0.39, 0.29) is 0 Å². The molecular formula is C15H17BrN4O2. The van der Waals surface area contributed by atoms with Crippen LogP contribution >= 0.6 is 15.9 Å². The van der Waals surface area contributed by atoms with Crippen molar-refractivity contribution in [3.8, 4) is 6.07 Å². The monoisotopic (exact) mass is 364 g/mol. The fourth-order valence-corrected chi connectivity index (χ4v) is 2.36. The second-order valence-corrected chi connectivity index (χ2v) is 6.69. The summed E-state index contributed by atoms with van der Waals surface area (Å²) in [5, 5.41) is 8.95. The zero-order chi connectivity index (χ0) is 16.5. The maximum Gasteiger partial charge on any atom is 0.410 e. The van der Waals surface area contributed by atoms with Crippen molar-refractivity contribution in [1.82, 2.24) is 14.3 Å². The number of pyridine rings is 1. The zero-order valence-corrected chi connectivity index (χ0v) is 14.5. The molecule has 7 heteroatoms. The van der Waals surface area contributed by atoms with Crippen molar-refractivity contribution in [3.05, 3.63) is 34.2 Å². The summed E-state index contributed by atoms with van der Waals surface area (Å²) in [6, 6.07) is 5.56. The van der Waals surface area contributed by atoms with Gasteiger partial charge in [-0.25, -0.2) is 9.78 Å². The van der Waals surface area contributed by atoms with Crippen molar-refractivity contribution in [1.29, 1.82) is 5.26 Å². The third kappa shape index (κ3) is 3.57. The van der Waals surface area contributed by atoms with Gasteiger partial charge < -0.3 is 9.64 Å². The highest BCUT2D eigenvalue weighted by Gasteiger charge is 2.21. The molecule has 2 heterocycles. The number of ether oxygens (including phenoxy) is 1. The summed E-state index contributed by atoms with van der Waals surface area (Å²) < 4.78 is 7.81. The molecule has 0 bridgehead atoms. The van der Waals surface area contributed by atoms with Crippen molar-refractivity contribution in [2.24, 2.45) is 0 Å². The molecule has 0 atom stereocenters. The minimum atomic E-state index is -0.539. The average Bonchev–Trinajstić information content (AvgIpc) is 2.73. The summed E-state index contributed by atoms with van der Waals surface area (Å²) in [4.78, 5) is 17.9. The molecule has 6 nitrogen and oxygen atoms in total. The van der Waals surface area contributed by atoms with E-state index in [1.54, 1.807) is 29.8 Å². The molecule has 0 saturated heterocycles. The Morgan fingerprint density at radius 3 is 2.77 bits per heavy atom. The average molecular weight is 365 g/mol. The SMILES string of the molecule is CN(Cc1nc2ccc(C#N)cn2c1Br)C(=O)OC(C)(C)C. The number of nitriles is 1. The number of fused-ring (bicyclic) bond motifs is 1. The number of hydrogen-bond acceptors (Lipinski definition) is 4. The first-order valence-corrected chi connectivity index (χ1v) is 7.51. The maximum absolute atomic E-state index is 12.0. The van der Waals surface area contributed by atoms with Gasteiger partial charge in [-0.2, -0.15) is 5.26 Å². The molecule has 0 spiro atoms. The lowest BCUT2D eigenvalue weighted by Crippen LogP contribution is -2.33. The maximum atomic E-state index is 12.0. The Labute approximate surface area is 137 Å². The Morgan fingerprint density at radius 2 is 2.18 bits per heavy atom. The number of rotatable bonds is 2. The summed E-state index contributed by atoms with van der Waals surface area (Å²) in [6.07, 6.45) is 1.29. The molecule has 22 heavy (non-hydrogen) atoms. The third-order valence-corrected chi connectivity index (χ3v) is 3.69. The van der Waals surface area contributed by atoms with E-state index in [0.29, 0.717) is 23.4 Å². The van der Waals surface area contributed by atoms with Gasteiger partial charge in [-0.15, -0.1) is 0 Å². The molecule has 2 rings (SSSR count). The highest BCUT2D eigenvalue weighted by Crippen LogP contribution is 2.21. The second kappa shape index (κ2) is 5.97. The number of carbonyl (C=O) groups is 1. The van der Waals surface area contributed by atoms with Gasteiger partial charge >= 0.3 is 6.09 Å². The highest BCUT2D eigenvalue weighted by atomic mass is 79.9. The Hall–Kier alpha value is -2.07. The van der Waals surface area contributed by atoms with E-state index in [1.165, 1.54) is 4.90 Å². The van der Waals surface area contributed by atoms with Crippen LogP contribution in [0, 0.1) is 11.3 Å². The van der Waals surface area contributed by atoms with E-state index >= 15 is 0 Å². The largest absolute Gasteiger partial charge is 0.444 e. The van der Waals surface area contributed by atoms with Gasteiger partial charge in [0, 0.05) is 13.2 Å². The van der Waals surface area contributed by atoms with Gasteiger partial charge in [0.15, 0.2) is 0 Å². The standard InChI is InChI=1S/C15H17BrN4O2/c1-15(2,3)22-14(21)19(4)9-11-13(16)20-8-10(7-17)5-6-12(20)18-11/h5-6,8H,9H2,1-4H3. The number of imidazole rings is 1. The molecule has 0 radical (unpaired) electrons. The number of carbonyl (C=O) groups excluding carboxylic acids is 1. The summed E-state index contributed by atoms with van der Waals surface area (Å²) in [6.45, 7) is 5.77. The Bertz CT molecular complexity index is 755. The van der Waals surface area contributed by atoms with E-state index in [4.69, 9.17) is 10.00 Å². The lowest BCUT2D eigenvalue weighted by molar-refractivity contribution is 0.0283. The molecule has 116 valence electrons. The van der Waals surface area contributed by atoms with Crippen LogP contribution in [-0.4, -0.2) is 33.0 Å².